The number of carbonyl (C=O) groups is 1. The van der Waals surface area contributed by atoms with Crippen molar-refractivity contribution in [2.75, 3.05) is 5.32 Å². The van der Waals surface area contributed by atoms with Crippen molar-refractivity contribution in [3.8, 4) is 10.6 Å². The maximum absolute atomic E-state index is 12.6. The van der Waals surface area contributed by atoms with E-state index in [0.29, 0.717) is 10.6 Å². The number of nitrogens with zero attached hydrogens (tertiary/aromatic N) is 1. The Morgan fingerprint density at radius 1 is 1.00 bits per heavy atom. The molecule has 27 heavy (non-hydrogen) atoms. The van der Waals surface area contributed by atoms with Crippen LogP contribution in [-0.4, -0.2) is 10.9 Å². The molecule has 0 aliphatic rings. The van der Waals surface area contributed by atoms with Crippen LogP contribution in [0.5, 0.6) is 0 Å². The monoisotopic (exact) mass is 392 g/mol. The number of rotatable bonds is 3. The van der Waals surface area contributed by atoms with Crippen LogP contribution in [0.1, 0.15) is 21.5 Å². The molecule has 0 fully saturated rings. The molecule has 3 aromatic carbocycles. The highest BCUT2D eigenvalue weighted by molar-refractivity contribution is 7.21. The summed E-state index contributed by atoms with van der Waals surface area (Å²) in [6.45, 7) is 3.88. The summed E-state index contributed by atoms with van der Waals surface area (Å²) in [6, 6.07) is 19.4. The van der Waals surface area contributed by atoms with Crippen molar-refractivity contribution < 1.29 is 4.79 Å². The first kappa shape index (κ1) is 17.7. The Morgan fingerprint density at radius 2 is 1.78 bits per heavy atom. The zero-order valence-corrected chi connectivity index (χ0v) is 16.5. The second kappa shape index (κ2) is 7.14. The molecule has 1 amide bonds. The highest BCUT2D eigenvalue weighted by Crippen LogP contribution is 2.32. The maximum Gasteiger partial charge on any atom is 0.255 e. The minimum absolute atomic E-state index is 0.179. The molecule has 5 heteroatoms. The lowest BCUT2D eigenvalue weighted by molar-refractivity contribution is 0.102. The molecule has 0 radical (unpaired) electrons. The van der Waals surface area contributed by atoms with Crippen molar-refractivity contribution in [3.63, 3.8) is 0 Å². The van der Waals surface area contributed by atoms with E-state index < -0.39 is 0 Å². The van der Waals surface area contributed by atoms with Gasteiger partial charge in [-0.05, 0) is 55.3 Å². The number of halogens is 1. The van der Waals surface area contributed by atoms with Crippen molar-refractivity contribution >= 4 is 44.7 Å². The zero-order valence-electron chi connectivity index (χ0n) is 14.9. The molecule has 0 saturated heterocycles. The molecular formula is C22H17ClN2OS. The predicted molar refractivity (Wildman–Crippen MR) is 114 cm³/mol. The predicted octanol–water partition coefficient (Wildman–Crippen LogP) is 6.49. The molecule has 4 rings (SSSR count). The van der Waals surface area contributed by atoms with Gasteiger partial charge in [0.2, 0.25) is 0 Å². The average Bonchev–Trinajstić information content (AvgIpc) is 3.10. The molecule has 0 bridgehead atoms. The molecule has 3 nitrogen and oxygen atoms in total. The first-order chi connectivity index (χ1) is 13.0. The summed E-state index contributed by atoms with van der Waals surface area (Å²) in [5.74, 6) is -0.179. The van der Waals surface area contributed by atoms with Gasteiger partial charge in [0.15, 0.2) is 0 Å². The van der Waals surface area contributed by atoms with Crippen LogP contribution in [0.2, 0.25) is 5.02 Å². The normalized spacial score (nSPS) is 10.9. The van der Waals surface area contributed by atoms with E-state index in [4.69, 9.17) is 16.6 Å². The van der Waals surface area contributed by atoms with Gasteiger partial charge in [-0.1, -0.05) is 41.9 Å². The molecule has 0 spiro atoms. The lowest BCUT2D eigenvalue weighted by Gasteiger charge is -2.10. The van der Waals surface area contributed by atoms with Crippen LogP contribution in [0, 0.1) is 13.8 Å². The Morgan fingerprint density at radius 3 is 2.56 bits per heavy atom. The minimum atomic E-state index is -0.179. The molecule has 0 unspecified atom stereocenters. The van der Waals surface area contributed by atoms with Crippen molar-refractivity contribution in [1.29, 1.82) is 0 Å². The Labute approximate surface area is 166 Å². The summed E-state index contributed by atoms with van der Waals surface area (Å²) in [4.78, 5) is 17.3. The molecule has 1 heterocycles. The Bertz CT molecular complexity index is 1130. The van der Waals surface area contributed by atoms with E-state index in [0.717, 1.165) is 37.6 Å². The first-order valence-corrected chi connectivity index (χ1v) is 9.75. The van der Waals surface area contributed by atoms with Crippen LogP contribution in [0.25, 0.3) is 20.8 Å². The number of amides is 1. The van der Waals surface area contributed by atoms with E-state index in [1.807, 2.05) is 56.3 Å². The summed E-state index contributed by atoms with van der Waals surface area (Å²) in [5, 5.41) is 4.52. The molecule has 134 valence electrons. The second-order valence-electron chi connectivity index (χ2n) is 6.43. The van der Waals surface area contributed by atoms with Gasteiger partial charge in [-0.3, -0.25) is 4.79 Å². The molecule has 1 N–H and O–H groups in total. The number of anilines is 1. The fraction of sp³-hybridized carbons (Fsp3) is 0.0909. The third-order valence-corrected chi connectivity index (χ3v) is 5.95. The molecule has 4 aromatic rings. The molecule has 0 aliphatic carbocycles. The lowest BCUT2D eigenvalue weighted by atomic mass is 10.1. The third kappa shape index (κ3) is 3.59. The molecule has 0 saturated carbocycles. The van der Waals surface area contributed by atoms with Crippen LogP contribution in [0.15, 0.2) is 60.7 Å². The Balaban J connectivity index is 1.66. The molecular weight excluding hydrogens is 376 g/mol. The van der Waals surface area contributed by atoms with Crippen molar-refractivity contribution in [1.82, 2.24) is 4.98 Å². The van der Waals surface area contributed by atoms with Crippen LogP contribution in [0.4, 0.5) is 5.69 Å². The number of aromatic nitrogens is 1. The summed E-state index contributed by atoms with van der Waals surface area (Å²) >= 11 is 7.79. The topological polar surface area (TPSA) is 42.0 Å². The lowest BCUT2D eigenvalue weighted by Crippen LogP contribution is -2.13. The SMILES string of the molecule is Cc1ccc(C(=O)Nc2cc(-c3nc4ccccc4s3)ccc2C)cc1Cl. The summed E-state index contributed by atoms with van der Waals surface area (Å²) in [6.07, 6.45) is 0. The number of aryl methyl sites for hydroxylation is 2. The average molecular weight is 393 g/mol. The third-order valence-electron chi connectivity index (χ3n) is 4.46. The maximum atomic E-state index is 12.6. The number of nitrogens with one attached hydrogen (secondary N) is 1. The zero-order chi connectivity index (χ0) is 19.0. The fourth-order valence-electron chi connectivity index (χ4n) is 2.81. The smallest absolute Gasteiger partial charge is 0.255 e. The summed E-state index contributed by atoms with van der Waals surface area (Å²) in [5.41, 5.74) is 5.22. The van der Waals surface area contributed by atoms with Gasteiger partial charge in [0.25, 0.3) is 5.91 Å². The molecule has 0 atom stereocenters. The highest BCUT2D eigenvalue weighted by atomic mass is 35.5. The van der Waals surface area contributed by atoms with E-state index in [1.165, 1.54) is 0 Å². The van der Waals surface area contributed by atoms with Gasteiger partial charge >= 0.3 is 0 Å². The van der Waals surface area contributed by atoms with Gasteiger partial charge in [-0.15, -0.1) is 11.3 Å². The van der Waals surface area contributed by atoms with E-state index in [2.05, 4.69) is 11.4 Å². The van der Waals surface area contributed by atoms with Gasteiger partial charge in [-0.25, -0.2) is 4.98 Å². The van der Waals surface area contributed by atoms with Crippen LogP contribution >= 0.6 is 22.9 Å². The van der Waals surface area contributed by atoms with E-state index in [-0.39, 0.29) is 5.91 Å². The van der Waals surface area contributed by atoms with E-state index >= 15 is 0 Å². The van der Waals surface area contributed by atoms with Gasteiger partial charge in [0.1, 0.15) is 5.01 Å². The highest BCUT2D eigenvalue weighted by Gasteiger charge is 2.12. The largest absolute Gasteiger partial charge is 0.322 e. The number of hydrogen-bond acceptors (Lipinski definition) is 3. The molecule has 1 aromatic heterocycles. The minimum Gasteiger partial charge on any atom is -0.322 e. The van der Waals surface area contributed by atoms with Crippen LogP contribution in [-0.2, 0) is 0 Å². The standard InChI is InChI=1S/C22H17ClN2OS/c1-13-7-9-15(11-17(13)23)21(26)24-19-12-16(10-8-14(19)2)22-25-18-5-3-4-6-20(18)27-22/h3-12H,1-2H3,(H,24,26). The number of thiazole rings is 1. The quantitative estimate of drug-likeness (QED) is 0.433. The number of carbonyl (C=O) groups excluding carboxylic acids is 1. The molecule has 0 aliphatic heterocycles. The van der Waals surface area contributed by atoms with Gasteiger partial charge in [0.05, 0.1) is 10.2 Å². The second-order valence-corrected chi connectivity index (χ2v) is 7.87. The number of fused-ring (bicyclic) bond motifs is 1. The Kier molecular flexibility index (Phi) is 4.68. The van der Waals surface area contributed by atoms with Gasteiger partial charge in [0, 0.05) is 21.8 Å². The van der Waals surface area contributed by atoms with Crippen molar-refractivity contribution in [2.45, 2.75) is 13.8 Å². The Hall–Kier alpha value is -2.69. The number of para-hydroxylation sites is 1. The number of benzene rings is 3. The summed E-state index contributed by atoms with van der Waals surface area (Å²) in [7, 11) is 0. The van der Waals surface area contributed by atoms with E-state index in [9.17, 15) is 4.79 Å². The van der Waals surface area contributed by atoms with E-state index in [1.54, 1.807) is 23.5 Å². The number of hydrogen-bond donors (Lipinski definition) is 1. The first-order valence-electron chi connectivity index (χ1n) is 8.55. The summed E-state index contributed by atoms with van der Waals surface area (Å²) < 4.78 is 1.15. The fourth-order valence-corrected chi connectivity index (χ4v) is 3.96. The van der Waals surface area contributed by atoms with Gasteiger partial charge in [-0.2, -0.15) is 0 Å². The van der Waals surface area contributed by atoms with Crippen molar-refractivity contribution in [3.05, 3.63) is 82.4 Å². The van der Waals surface area contributed by atoms with Gasteiger partial charge < -0.3 is 5.32 Å². The van der Waals surface area contributed by atoms with Crippen LogP contribution < -0.4 is 5.32 Å². The van der Waals surface area contributed by atoms with Crippen molar-refractivity contribution in [2.24, 2.45) is 0 Å². The van der Waals surface area contributed by atoms with Crippen LogP contribution in [0.3, 0.4) is 0 Å².